The molecule has 1 heterocycles. The van der Waals surface area contributed by atoms with Crippen LogP contribution < -0.4 is 0 Å². The molecule has 0 unspecified atom stereocenters. The van der Waals surface area contributed by atoms with Crippen LogP contribution in [0, 0.1) is 16.2 Å². The Morgan fingerprint density at radius 1 is 0.636 bits per heavy atom. The average Bonchev–Trinajstić information content (AvgIpc) is 2.18. The molecule has 0 aromatic heterocycles. The first kappa shape index (κ1) is 20.1. The first-order valence-corrected chi connectivity index (χ1v) is 8.87. The highest BCUT2D eigenvalue weighted by Crippen LogP contribution is 2.24. The molecule has 0 spiro atoms. The predicted octanol–water partition coefficient (Wildman–Crippen LogP) is 2.70. The Kier molecular flexibility index (Phi) is 6.31. The fourth-order valence-corrected chi connectivity index (χ4v) is 3.38. The highest BCUT2D eigenvalue weighted by molar-refractivity contribution is 6.73. The van der Waals surface area contributed by atoms with E-state index in [1.807, 2.05) is 0 Å². The summed E-state index contributed by atoms with van der Waals surface area (Å²) in [5, 5.41) is 0. The van der Waals surface area contributed by atoms with E-state index in [9.17, 15) is 0 Å². The fourth-order valence-electron chi connectivity index (χ4n) is 3.38. The molecule has 0 atom stereocenters. The molecule has 0 radical (unpaired) electrons. The molecule has 1 fully saturated rings. The van der Waals surface area contributed by atoms with Crippen LogP contribution in [0.4, 0.5) is 0 Å². The van der Waals surface area contributed by atoms with E-state index in [4.69, 9.17) is 0 Å². The molecule has 3 nitrogen and oxygen atoms in total. The SMILES string of the molecule is CB1N(CC(C)(C)C)BN(CC(C)(C)C)BN1CC(C)(C)C. The number of hydrogen-bond acceptors (Lipinski definition) is 3. The molecule has 6 heteroatoms. The number of nitrogens with zero attached hydrogens (tertiary/aromatic N) is 3. The Bertz CT molecular complexity index is 329. The normalized spacial score (nSPS) is 20.0. The Morgan fingerprint density at radius 3 is 1.23 bits per heavy atom. The van der Waals surface area contributed by atoms with Crippen molar-refractivity contribution in [3.8, 4) is 0 Å². The maximum absolute atomic E-state index is 2.65. The molecule has 1 aliphatic rings. The molecule has 0 amide bonds. The van der Waals surface area contributed by atoms with Gasteiger partial charge in [0.05, 0.1) is 0 Å². The summed E-state index contributed by atoms with van der Waals surface area (Å²) >= 11 is 0. The second-order valence-electron chi connectivity index (χ2n) is 10.9. The summed E-state index contributed by atoms with van der Waals surface area (Å²) in [7, 11) is 2.19. The van der Waals surface area contributed by atoms with Gasteiger partial charge in [-0.15, -0.1) is 0 Å². The third kappa shape index (κ3) is 7.56. The minimum Gasteiger partial charge on any atom is -0.363 e. The summed E-state index contributed by atoms with van der Waals surface area (Å²) < 4.78 is 7.93. The standard InChI is InChI=1S/C16H38B3N3/c1-14(2,3)11-20-17-21(12-15(4,5)6)19(10)22(18-20)13-16(7,8)9/h17-18H,11-13H2,1-10H3. The van der Waals surface area contributed by atoms with Gasteiger partial charge in [0.25, 0.3) is 22.1 Å². The topological polar surface area (TPSA) is 9.72 Å². The number of rotatable bonds is 3. The van der Waals surface area contributed by atoms with Crippen LogP contribution in [0.2, 0.25) is 6.82 Å². The van der Waals surface area contributed by atoms with E-state index in [2.05, 4.69) is 83.3 Å². The second-order valence-corrected chi connectivity index (χ2v) is 10.9. The predicted molar refractivity (Wildman–Crippen MR) is 104 cm³/mol. The van der Waals surface area contributed by atoms with Crippen molar-refractivity contribution >= 4 is 22.1 Å². The van der Waals surface area contributed by atoms with Crippen LogP contribution >= 0.6 is 0 Å². The van der Waals surface area contributed by atoms with Crippen LogP contribution in [0.1, 0.15) is 62.3 Å². The van der Waals surface area contributed by atoms with Gasteiger partial charge < -0.3 is 14.2 Å². The molecule has 1 saturated heterocycles. The summed E-state index contributed by atoms with van der Waals surface area (Å²) in [6.07, 6.45) is 0. The monoisotopic (exact) mass is 305 g/mol. The van der Waals surface area contributed by atoms with Gasteiger partial charge in [0.15, 0.2) is 0 Å². The fraction of sp³-hybridized carbons (Fsp3) is 1.00. The molecule has 1 rings (SSSR count). The van der Waals surface area contributed by atoms with Crippen molar-refractivity contribution in [3.05, 3.63) is 0 Å². The van der Waals surface area contributed by atoms with Crippen LogP contribution in [-0.2, 0) is 0 Å². The van der Waals surface area contributed by atoms with Gasteiger partial charge in [0, 0.05) is 0 Å². The molecular formula is C16H38B3N3. The molecule has 22 heavy (non-hydrogen) atoms. The zero-order valence-electron chi connectivity index (χ0n) is 17.0. The van der Waals surface area contributed by atoms with Crippen molar-refractivity contribution in [1.29, 1.82) is 0 Å². The molecule has 0 aliphatic carbocycles. The van der Waals surface area contributed by atoms with Crippen LogP contribution in [-0.4, -0.2) is 55.9 Å². The highest BCUT2D eigenvalue weighted by atomic mass is 15.3. The third-order valence-corrected chi connectivity index (χ3v) is 3.87. The van der Waals surface area contributed by atoms with Crippen LogP contribution in [0.25, 0.3) is 0 Å². The Balaban J connectivity index is 2.87. The summed E-state index contributed by atoms with van der Waals surface area (Å²) in [4.78, 5) is 0. The zero-order chi connectivity index (χ0) is 17.3. The van der Waals surface area contributed by atoms with E-state index >= 15 is 0 Å². The number of hydrogen-bond donors (Lipinski definition) is 0. The average molecular weight is 305 g/mol. The largest absolute Gasteiger partial charge is 0.363 e. The zero-order valence-corrected chi connectivity index (χ0v) is 17.0. The van der Waals surface area contributed by atoms with Gasteiger partial charge in [-0.1, -0.05) is 69.1 Å². The Hall–Kier alpha value is 0.0748. The van der Waals surface area contributed by atoms with Crippen molar-refractivity contribution in [1.82, 2.24) is 14.2 Å². The minimum absolute atomic E-state index is 0.340. The molecule has 0 saturated carbocycles. The smallest absolute Gasteiger partial charge is 0.286 e. The van der Waals surface area contributed by atoms with E-state index in [-0.39, 0.29) is 0 Å². The van der Waals surface area contributed by atoms with Gasteiger partial charge in [-0.25, -0.2) is 0 Å². The molecule has 1 aliphatic heterocycles. The van der Waals surface area contributed by atoms with Crippen molar-refractivity contribution in [2.45, 2.75) is 69.1 Å². The molecule has 0 aromatic carbocycles. The van der Waals surface area contributed by atoms with Gasteiger partial charge in [0.2, 0.25) is 0 Å². The molecule has 0 aromatic rings. The van der Waals surface area contributed by atoms with E-state index in [0.29, 0.717) is 23.2 Å². The van der Waals surface area contributed by atoms with Crippen LogP contribution in [0.3, 0.4) is 0 Å². The quantitative estimate of drug-likeness (QED) is 0.742. The van der Waals surface area contributed by atoms with Crippen molar-refractivity contribution in [2.24, 2.45) is 16.2 Å². The summed E-state index contributed by atoms with van der Waals surface area (Å²) in [6, 6.07) is 0. The van der Waals surface area contributed by atoms with E-state index < -0.39 is 0 Å². The summed E-state index contributed by atoms with van der Waals surface area (Å²) in [6.45, 7) is 27.4. The van der Waals surface area contributed by atoms with Gasteiger partial charge in [-0.2, -0.15) is 0 Å². The van der Waals surface area contributed by atoms with Crippen molar-refractivity contribution < 1.29 is 0 Å². The summed E-state index contributed by atoms with van der Waals surface area (Å²) in [5.41, 5.74) is 1.03. The molecule has 0 bridgehead atoms. The Labute approximate surface area is 141 Å². The third-order valence-electron chi connectivity index (χ3n) is 3.87. The maximum atomic E-state index is 2.65. The molecule has 0 N–H and O–H groups in total. The van der Waals surface area contributed by atoms with E-state index in [1.54, 1.807) is 0 Å². The second kappa shape index (κ2) is 6.90. The highest BCUT2D eigenvalue weighted by Gasteiger charge is 2.38. The van der Waals surface area contributed by atoms with Crippen molar-refractivity contribution in [3.63, 3.8) is 0 Å². The lowest BCUT2D eigenvalue weighted by Gasteiger charge is -2.49. The van der Waals surface area contributed by atoms with Gasteiger partial charge in [-0.05, 0) is 35.9 Å². The van der Waals surface area contributed by atoms with Crippen LogP contribution in [0.15, 0.2) is 0 Å². The lowest BCUT2D eigenvalue weighted by molar-refractivity contribution is 0.280. The van der Waals surface area contributed by atoms with Gasteiger partial charge in [0.1, 0.15) is 0 Å². The lowest BCUT2D eigenvalue weighted by atomic mass is 9.57. The molecule has 126 valence electrons. The molecular weight excluding hydrogens is 267 g/mol. The summed E-state index contributed by atoms with van der Waals surface area (Å²) in [5.74, 6) is 0. The van der Waals surface area contributed by atoms with Crippen LogP contribution in [0.5, 0.6) is 0 Å². The minimum atomic E-state index is 0.340. The Morgan fingerprint density at radius 2 is 0.955 bits per heavy atom. The maximum Gasteiger partial charge on any atom is 0.286 e. The van der Waals surface area contributed by atoms with E-state index in [0.717, 1.165) is 34.7 Å². The van der Waals surface area contributed by atoms with E-state index in [1.165, 1.54) is 0 Å². The first-order valence-electron chi connectivity index (χ1n) is 8.87. The first-order chi connectivity index (χ1) is 9.66. The van der Waals surface area contributed by atoms with Crippen molar-refractivity contribution in [2.75, 3.05) is 19.6 Å². The van der Waals surface area contributed by atoms with Gasteiger partial charge in [-0.3, -0.25) is 0 Å². The lowest BCUT2D eigenvalue weighted by Crippen LogP contribution is -2.69. The van der Waals surface area contributed by atoms with Gasteiger partial charge >= 0.3 is 0 Å².